The molecule has 53 heavy (non-hydrogen) atoms. The molecular weight excluding hydrogens is 645 g/mol. The average Bonchev–Trinajstić information content (AvgIpc) is 3.75. The van der Waals surface area contributed by atoms with Crippen LogP contribution in [0.15, 0.2) is 186 Å². The van der Waals surface area contributed by atoms with E-state index in [2.05, 4.69) is 191 Å². The van der Waals surface area contributed by atoms with Crippen LogP contribution in [0.4, 0.5) is 0 Å². The van der Waals surface area contributed by atoms with Gasteiger partial charge in [-0.1, -0.05) is 134 Å². The molecule has 1 aliphatic heterocycles. The molecule has 0 saturated carbocycles. The van der Waals surface area contributed by atoms with Crippen molar-refractivity contribution in [1.82, 2.24) is 14.5 Å². The molecule has 252 valence electrons. The molecule has 0 saturated heterocycles. The van der Waals surface area contributed by atoms with Gasteiger partial charge in [-0.15, -0.1) is 0 Å². The molecule has 11 rings (SSSR count). The molecule has 9 aromatic rings. The molecule has 0 radical (unpaired) electrons. The Morgan fingerprint density at radius 3 is 1.66 bits per heavy atom. The van der Waals surface area contributed by atoms with Crippen LogP contribution >= 0.6 is 0 Å². The first-order valence-corrected chi connectivity index (χ1v) is 18.6. The number of rotatable bonds is 4. The second-order valence-electron chi connectivity index (χ2n) is 14.5. The summed E-state index contributed by atoms with van der Waals surface area (Å²) >= 11 is 0. The highest BCUT2D eigenvalue weighted by atomic mass is 15.0. The molecule has 0 amide bonds. The minimum atomic E-state index is -0.0275. The van der Waals surface area contributed by atoms with Crippen molar-refractivity contribution < 1.29 is 0 Å². The second-order valence-corrected chi connectivity index (χ2v) is 14.5. The highest BCUT2D eigenvalue weighted by Crippen LogP contribution is 2.46. The number of aromatic nitrogens is 2. The second kappa shape index (κ2) is 11.7. The van der Waals surface area contributed by atoms with Crippen molar-refractivity contribution in [2.24, 2.45) is 10.9 Å². The topological polar surface area (TPSA) is 34.2 Å². The third-order valence-electron chi connectivity index (χ3n) is 11.3. The molecule has 0 bridgehead atoms. The fraction of sp³-hybridized carbons (Fsp3) is 0.0816. The summed E-state index contributed by atoms with van der Waals surface area (Å²) in [7, 11) is 0. The number of hydrogen-bond acceptors (Lipinski definition) is 2. The molecule has 2 atom stereocenters. The zero-order valence-corrected chi connectivity index (χ0v) is 29.4. The molecule has 3 heterocycles. The van der Waals surface area contributed by atoms with Crippen LogP contribution in [-0.2, 0) is 0 Å². The van der Waals surface area contributed by atoms with Crippen molar-refractivity contribution in [3.63, 3.8) is 0 Å². The van der Waals surface area contributed by atoms with E-state index in [1.165, 1.54) is 65.6 Å². The number of hydrogen-bond donors (Lipinski definition) is 1. The Morgan fingerprint density at radius 1 is 0.547 bits per heavy atom. The number of aliphatic imine (C=N–C) groups is 1. The molecule has 2 aliphatic rings. The van der Waals surface area contributed by atoms with E-state index in [9.17, 15) is 0 Å². The Labute approximate surface area is 307 Å². The van der Waals surface area contributed by atoms with Crippen LogP contribution in [0.25, 0.3) is 65.8 Å². The predicted molar refractivity (Wildman–Crippen MR) is 221 cm³/mol. The van der Waals surface area contributed by atoms with Crippen molar-refractivity contribution in [3.8, 4) is 11.4 Å². The predicted octanol–water partition coefficient (Wildman–Crippen LogP) is 12.0. The lowest BCUT2D eigenvalue weighted by Crippen LogP contribution is -2.34. The Hall–Kier alpha value is -6.65. The van der Waals surface area contributed by atoms with Crippen molar-refractivity contribution in [2.75, 3.05) is 0 Å². The number of nitrogens with zero attached hydrogens (tertiary/aromatic N) is 3. The van der Waals surface area contributed by atoms with Crippen LogP contribution in [0.2, 0.25) is 0 Å². The largest absolute Gasteiger partial charge is 0.374 e. The minimum absolute atomic E-state index is 0.0275. The molecule has 7 aromatic carbocycles. The Bertz CT molecular complexity index is 3000. The quantitative estimate of drug-likeness (QED) is 0.197. The van der Waals surface area contributed by atoms with Crippen molar-refractivity contribution >= 4 is 60.1 Å². The van der Waals surface area contributed by atoms with Crippen LogP contribution in [0, 0.1) is 5.92 Å². The maximum absolute atomic E-state index is 5.34. The van der Waals surface area contributed by atoms with Crippen LogP contribution in [0.1, 0.15) is 30.5 Å². The number of allylic oxidation sites excluding steroid dienone is 3. The fourth-order valence-electron chi connectivity index (χ4n) is 8.93. The van der Waals surface area contributed by atoms with Gasteiger partial charge in [0.1, 0.15) is 0 Å². The van der Waals surface area contributed by atoms with E-state index in [0.717, 1.165) is 34.8 Å². The van der Waals surface area contributed by atoms with Gasteiger partial charge < -0.3 is 14.5 Å². The van der Waals surface area contributed by atoms with E-state index in [4.69, 9.17) is 4.99 Å². The lowest BCUT2D eigenvalue weighted by Gasteiger charge is -2.31. The van der Waals surface area contributed by atoms with E-state index < -0.39 is 0 Å². The zero-order valence-electron chi connectivity index (χ0n) is 29.4. The lowest BCUT2D eigenvalue weighted by atomic mass is 9.90. The molecule has 4 heteroatoms. The Morgan fingerprint density at radius 2 is 1.06 bits per heavy atom. The number of fused-ring (bicyclic) bond motifs is 10. The first-order chi connectivity index (χ1) is 26.2. The molecule has 2 unspecified atom stereocenters. The van der Waals surface area contributed by atoms with Gasteiger partial charge in [0.25, 0.3) is 0 Å². The highest BCUT2D eigenvalue weighted by Gasteiger charge is 2.29. The summed E-state index contributed by atoms with van der Waals surface area (Å²) in [5.74, 6) is 0.490. The zero-order chi connectivity index (χ0) is 35.0. The van der Waals surface area contributed by atoms with Gasteiger partial charge in [-0.05, 0) is 76.7 Å². The minimum Gasteiger partial charge on any atom is -0.374 e. The number of para-hydroxylation sites is 3. The molecule has 1 aliphatic carbocycles. The average molecular weight is 681 g/mol. The van der Waals surface area contributed by atoms with Crippen LogP contribution in [0.5, 0.6) is 0 Å². The standard InChI is InChI=1S/C49H36N4/c1-31-24-29-40-41(30-31)51-46(32-14-4-2-5-15-32)47(50-40)33-25-27-35(28-26-33)53-43-23-13-11-21-39(43)45-37-19-9-8-18-36(37)44-38-20-10-12-22-42(38)52(48(44)49(45)53)34-16-6-3-7-17-34/h2-29,31,46,51H,30H2,1H3. The van der Waals surface area contributed by atoms with E-state index in [1.807, 2.05) is 0 Å². The smallest absolute Gasteiger partial charge is 0.0944 e. The summed E-state index contributed by atoms with van der Waals surface area (Å²) in [5.41, 5.74) is 12.7. The molecular formula is C49H36N4. The van der Waals surface area contributed by atoms with Gasteiger partial charge >= 0.3 is 0 Å². The number of benzene rings is 7. The molecule has 1 N–H and O–H groups in total. The summed E-state index contributed by atoms with van der Waals surface area (Å²) in [6.45, 7) is 2.27. The molecule has 2 aromatic heterocycles. The third-order valence-corrected chi connectivity index (χ3v) is 11.3. The first kappa shape index (κ1) is 30.0. The lowest BCUT2D eigenvalue weighted by molar-refractivity contribution is 0.605. The van der Waals surface area contributed by atoms with Gasteiger partial charge in [0.2, 0.25) is 0 Å². The van der Waals surface area contributed by atoms with Gasteiger partial charge in [-0.3, -0.25) is 0 Å². The van der Waals surface area contributed by atoms with Gasteiger partial charge in [0, 0.05) is 38.6 Å². The van der Waals surface area contributed by atoms with Crippen LogP contribution in [0.3, 0.4) is 0 Å². The molecule has 4 nitrogen and oxygen atoms in total. The van der Waals surface area contributed by atoms with Gasteiger partial charge in [-0.2, -0.15) is 0 Å². The van der Waals surface area contributed by atoms with Crippen LogP contribution in [-0.4, -0.2) is 14.8 Å². The SMILES string of the molecule is CC1C=CC2=C(C1)NC(c1ccccc1)C(c1ccc(-n3c4ccccc4c4c5ccccc5c5c6ccccc6n(-c6ccccc6)c5c43)cc1)=N2. The van der Waals surface area contributed by atoms with Crippen molar-refractivity contribution in [2.45, 2.75) is 19.4 Å². The maximum Gasteiger partial charge on any atom is 0.0944 e. The summed E-state index contributed by atoms with van der Waals surface area (Å²) in [6, 6.07) is 57.3. The van der Waals surface area contributed by atoms with Crippen LogP contribution < -0.4 is 5.32 Å². The third kappa shape index (κ3) is 4.52. The van der Waals surface area contributed by atoms with Gasteiger partial charge in [0.05, 0.1) is 39.5 Å². The van der Waals surface area contributed by atoms with E-state index in [1.54, 1.807) is 0 Å². The van der Waals surface area contributed by atoms with Crippen molar-refractivity contribution in [3.05, 3.63) is 192 Å². The molecule has 0 spiro atoms. The van der Waals surface area contributed by atoms with E-state index >= 15 is 0 Å². The van der Waals surface area contributed by atoms with Gasteiger partial charge in [0.15, 0.2) is 0 Å². The Kier molecular flexibility index (Phi) is 6.62. The van der Waals surface area contributed by atoms with Gasteiger partial charge in [-0.25, -0.2) is 4.99 Å². The summed E-state index contributed by atoms with van der Waals surface area (Å²) < 4.78 is 4.96. The van der Waals surface area contributed by atoms with Crippen molar-refractivity contribution in [1.29, 1.82) is 0 Å². The Balaban J connectivity index is 1.20. The summed E-state index contributed by atoms with van der Waals surface area (Å²) in [5, 5.41) is 11.5. The maximum atomic E-state index is 5.34. The first-order valence-electron chi connectivity index (χ1n) is 18.6. The summed E-state index contributed by atoms with van der Waals surface area (Å²) in [4.78, 5) is 5.34. The highest BCUT2D eigenvalue weighted by molar-refractivity contribution is 6.36. The van der Waals surface area contributed by atoms with E-state index in [0.29, 0.717) is 5.92 Å². The van der Waals surface area contributed by atoms with E-state index in [-0.39, 0.29) is 6.04 Å². The monoisotopic (exact) mass is 680 g/mol. The fourth-order valence-corrected chi connectivity index (χ4v) is 8.93. The number of nitrogens with one attached hydrogen (secondary N) is 1. The summed E-state index contributed by atoms with van der Waals surface area (Å²) in [6.07, 6.45) is 5.43. The normalized spacial score (nSPS) is 17.2. The molecule has 0 fully saturated rings.